The highest BCUT2D eigenvalue weighted by Crippen LogP contribution is 2.37. The second-order valence-corrected chi connectivity index (χ2v) is 13.1. The molecule has 0 aromatic heterocycles. The van der Waals surface area contributed by atoms with Crippen LogP contribution in [0.25, 0.3) is 0 Å². The monoisotopic (exact) mass is 371 g/mol. The first-order chi connectivity index (χ1) is 12.2. The van der Waals surface area contributed by atoms with Gasteiger partial charge in [-0.05, 0) is 54.9 Å². The van der Waals surface area contributed by atoms with Gasteiger partial charge in [0.1, 0.15) is 12.4 Å². The van der Waals surface area contributed by atoms with Gasteiger partial charge in [0.05, 0.1) is 6.10 Å². The molecule has 0 unspecified atom stereocenters. The summed E-state index contributed by atoms with van der Waals surface area (Å²) >= 11 is 0. The van der Waals surface area contributed by atoms with Crippen LogP contribution < -0.4 is 10.1 Å². The van der Waals surface area contributed by atoms with Crippen LogP contribution in [0.5, 0.6) is 5.75 Å². The average Bonchev–Trinajstić information content (AvgIpc) is 2.58. The molecule has 0 radical (unpaired) electrons. The Bertz CT molecular complexity index is 663. The Labute approximate surface area is 159 Å². The standard InChI is InChI=1S/C22H33NO2Si/c1-18(25-26(5,6)22(2,3)4)16-23-20-12-14-21(15-13-20)24-17-19-10-8-7-9-11-19/h7-15,18,23H,16-17H2,1-6H3/t18-/m1/s1. The lowest BCUT2D eigenvalue weighted by Gasteiger charge is -2.38. The summed E-state index contributed by atoms with van der Waals surface area (Å²) < 4.78 is 12.2. The third-order valence-corrected chi connectivity index (χ3v) is 9.60. The fraction of sp³-hybridized carbons (Fsp3) is 0.455. The van der Waals surface area contributed by atoms with Gasteiger partial charge >= 0.3 is 0 Å². The lowest BCUT2D eigenvalue weighted by Crippen LogP contribution is -2.44. The van der Waals surface area contributed by atoms with Crippen molar-refractivity contribution in [1.82, 2.24) is 0 Å². The largest absolute Gasteiger partial charge is 0.489 e. The summed E-state index contributed by atoms with van der Waals surface area (Å²) in [5.74, 6) is 0.880. The van der Waals surface area contributed by atoms with Crippen LogP contribution in [0.15, 0.2) is 54.6 Å². The Morgan fingerprint density at radius 1 is 0.962 bits per heavy atom. The Kier molecular flexibility index (Phi) is 6.90. The summed E-state index contributed by atoms with van der Waals surface area (Å²) in [5.41, 5.74) is 2.26. The van der Waals surface area contributed by atoms with Crippen molar-refractivity contribution in [2.45, 2.75) is 58.5 Å². The Hall–Kier alpha value is -1.78. The number of nitrogens with one attached hydrogen (secondary N) is 1. The molecule has 0 bridgehead atoms. The van der Waals surface area contributed by atoms with Crippen molar-refractivity contribution in [3.8, 4) is 5.75 Å². The van der Waals surface area contributed by atoms with Crippen LogP contribution in [0.2, 0.25) is 18.1 Å². The smallest absolute Gasteiger partial charge is 0.192 e. The van der Waals surface area contributed by atoms with E-state index in [1.807, 2.05) is 30.3 Å². The van der Waals surface area contributed by atoms with Gasteiger partial charge in [0, 0.05) is 12.2 Å². The van der Waals surface area contributed by atoms with Gasteiger partial charge in [-0.25, -0.2) is 0 Å². The summed E-state index contributed by atoms with van der Waals surface area (Å²) in [6.07, 6.45) is 0.185. The molecular formula is C22H33NO2Si. The first-order valence-corrected chi connectivity index (χ1v) is 12.3. The summed E-state index contributed by atoms with van der Waals surface area (Å²) in [6.45, 7) is 14.9. The zero-order valence-corrected chi connectivity index (χ0v) is 18.0. The van der Waals surface area contributed by atoms with Gasteiger partial charge in [0.2, 0.25) is 0 Å². The molecule has 1 N–H and O–H groups in total. The van der Waals surface area contributed by atoms with Crippen LogP contribution in [-0.4, -0.2) is 21.0 Å². The maximum atomic E-state index is 6.39. The molecule has 0 heterocycles. The van der Waals surface area contributed by atoms with Crippen molar-refractivity contribution in [3.05, 3.63) is 60.2 Å². The van der Waals surface area contributed by atoms with E-state index in [0.29, 0.717) is 6.61 Å². The second-order valence-electron chi connectivity index (χ2n) is 8.37. The molecule has 0 aliphatic carbocycles. The zero-order chi connectivity index (χ0) is 19.2. The molecule has 3 nitrogen and oxygen atoms in total. The molecule has 0 saturated carbocycles. The van der Waals surface area contributed by atoms with E-state index in [1.54, 1.807) is 0 Å². The van der Waals surface area contributed by atoms with Crippen molar-refractivity contribution >= 4 is 14.0 Å². The summed E-state index contributed by atoms with van der Waals surface area (Å²) in [6, 6.07) is 18.3. The molecule has 4 heteroatoms. The third-order valence-electron chi connectivity index (χ3n) is 5.00. The minimum Gasteiger partial charge on any atom is -0.489 e. The number of hydrogen-bond donors (Lipinski definition) is 1. The van der Waals surface area contributed by atoms with E-state index in [4.69, 9.17) is 9.16 Å². The normalized spacial score (nSPS) is 13.3. The van der Waals surface area contributed by atoms with Crippen LogP contribution in [0.4, 0.5) is 5.69 Å². The molecule has 1 atom stereocenters. The SMILES string of the molecule is C[C@H](CNc1ccc(OCc2ccccc2)cc1)O[Si](C)(C)C(C)(C)C. The Morgan fingerprint density at radius 3 is 2.15 bits per heavy atom. The van der Waals surface area contributed by atoms with Crippen molar-refractivity contribution < 1.29 is 9.16 Å². The van der Waals surface area contributed by atoms with E-state index >= 15 is 0 Å². The first-order valence-electron chi connectivity index (χ1n) is 9.36. The molecule has 2 rings (SSSR count). The molecule has 0 fully saturated rings. The molecular weight excluding hydrogens is 338 g/mol. The highest BCUT2D eigenvalue weighted by molar-refractivity contribution is 6.74. The number of ether oxygens (including phenoxy) is 1. The zero-order valence-electron chi connectivity index (χ0n) is 17.0. The molecule has 0 aliphatic heterocycles. The van der Waals surface area contributed by atoms with E-state index in [0.717, 1.165) is 18.0 Å². The Balaban J connectivity index is 1.80. The molecule has 0 spiro atoms. The van der Waals surface area contributed by atoms with Gasteiger partial charge in [0.15, 0.2) is 8.32 Å². The van der Waals surface area contributed by atoms with Crippen LogP contribution in [0.3, 0.4) is 0 Å². The lowest BCUT2D eigenvalue weighted by molar-refractivity contribution is 0.211. The van der Waals surface area contributed by atoms with Gasteiger partial charge in [-0.1, -0.05) is 51.1 Å². The highest BCUT2D eigenvalue weighted by atomic mass is 28.4. The number of benzene rings is 2. The molecule has 26 heavy (non-hydrogen) atoms. The maximum absolute atomic E-state index is 6.39. The minimum absolute atomic E-state index is 0.185. The van der Waals surface area contributed by atoms with Crippen LogP contribution >= 0.6 is 0 Å². The van der Waals surface area contributed by atoms with Crippen molar-refractivity contribution in [2.75, 3.05) is 11.9 Å². The van der Waals surface area contributed by atoms with Gasteiger partial charge in [-0.2, -0.15) is 0 Å². The molecule has 0 aliphatic rings. The van der Waals surface area contributed by atoms with Crippen LogP contribution in [0, 0.1) is 0 Å². The molecule has 2 aromatic rings. The van der Waals surface area contributed by atoms with E-state index < -0.39 is 8.32 Å². The first kappa shape index (κ1) is 20.5. The van der Waals surface area contributed by atoms with E-state index in [9.17, 15) is 0 Å². The van der Waals surface area contributed by atoms with E-state index in [1.165, 1.54) is 5.56 Å². The van der Waals surface area contributed by atoms with Gasteiger partial charge in [-0.15, -0.1) is 0 Å². The number of hydrogen-bond acceptors (Lipinski definition) is 3. The molecule has 0 amide bonds. The summed E-state index contributed by atoms with van der Waals surface area (Å²) in [5, 5.41) is 3.70. The molecule has 2 aromatic carbocycles. The minimum atomic E-state index is -1.72. The van der Waals surface area contributed by atoms with Crippen LogP contribution in [-0.2, 0) is 11.0 Å². The predicted octanol–water partition coefficient (Wildman–Crippen LogP) is 6.09. The van der Waals surface area contributed by atoms with Crippen molar-refractivity contribution in [2.24, 2.45) is 0 Å². The maximum Gasteiger partial charge on any atom is 0.192 e. The van der Waals surface area contributed by atoms with E-state index in [-0.39, 0.29) is 11.1 Å². The number of rotatable bonds is 8. The van der Waals surface area contributed by atoms with Gasteiger partial charge < -0.3 is 14.5 Å². The van der Waals surface area contributed by atoms with Crippen LogP contribution in [0.1, 0.15) is 33.3 Å². The summed E-state index contributed by atoms with van der Waals surface area (Å²) in [7, 11) is -1.72. The fourth-order valence-electron chi connectivity index (χ4n) is 2.39. The van der Waals surface area contributed by atoms with Crippen molar-refractivity contribution in [3.63, 3.8) is 0 Å². The van der Waals surface area contributed by atoms with E-state index in [2.05, 4.69) is 70.4 Å². The summed E-state index contributed by atoms with van der Waals surface area (Å²) in [4.78, 5) is 0. The topological polar surface area (TPSA) is 30.5 Å². The highest BCUT2D eigenvalue weighted by Gasteiger charge is 2.38. The molecule has 142 valence electrons. The van der Waals surface area contributed by atoms with Crippen molar-refractivity contribution in [1.29, 1.82) is 0 Å². The average molecular weight is 372 g/mol. The lowest BCUT2D eigenvalue weighted by atomic mass is 10.2. The predicted molar refractivity (Wildman–Crippen MR) is 113 cm³/mol. The quantitative estimate of drug-likeness (QED) is 0.570. The molecule has 0 saturated heterocycles. The fourth-order valence-corrected chi connectivity index (χ4v) is 3.84. The third kappa shape index (κ3) is 6.18. The van der Waals surface area contributed by atoms with Gasteiger partial charge in [-0.3, -0.25) is 0 Å². The number of anilines is 1. The second kappa shape index (κ2) is 8.74. The van der Waals surface area contributed by atoms with Gasteiger partial charge in [0.25, 0.3) is 0 Å². The Morgan fingerprint density at radius 2 is 1.58 bits per heavy atom.